The van der Waals surface area contributed by atoms with Crippen molar-refractivity contribution in [3.63, 3.8) is 0 Å². The molecule has 0 saturated heterocycles. The third-order valence-electron chi connectivity index (χ3n) is 5.48. The van der Waals surface area contributed by atoms with E-state index < -0.39 is 0 Å². The Bertz CT molecular complexity index is 1200. The molecule has 8 heteroatoms. The number of ether oxygens (including phenoxy) is 1. The predicted molar refractivity (Wildman–Crippen MR) is 129 cm³/mol. The first-order valence-corrected chi connectivity index (χ1v) is 12.0. The summed E-state index contributed by atoms with van der Waals surface area (Å²) >= 11 is 6.79. The van der Waals surface area contributed by atoms with Crippen LogP contribution < -0.4 is 10.3 Å². The number of phenols is 1. The molecule has 2 aromatic carbocycles. The molecule has 1 aliphatic rings. The van der Waals surface area contributed by atoms with E-state index in [1.807, 2.05) is 19.1 Å². The van der Waals surface area contributed by atoms with E-state index in [2.05, 4.69) is 37.0 Å². The quantitative estimate of drug-likeness (QED) is 0.399. The van der Waals surface area contributed by atoms with Gasteiger partial charge in [0.1, 0.15) is 5.82 Å². The summed E-state index contributed by atoms with van der Waals surface area (Å²) in [5.41, 5.74) is 1.20. The van der Waals surface area contributed by atoms with E-state index in [1.165, 1.54) is 11.1 Å². The van der Waals surface area contributed by atoms with Crippen LogP contribution >= 0.6 is 31.9 Å². The Kier molecular flexibility index (Phi) is 6.77. The fourth-order valence-electron chi connectivity index (χ4n) is 3.96. The van der Waals surface area contributed by atoms with Gasteiger partial charge in [0, 0.05) is 10.4 Å². The van der Waals surface area contributed by atoms with Crippen molar-refractivity contribution < 1.29 is 9.84 Å². The number of halogens is 2. The minimum Gasteiger partial charge on any atom is -0.503 e. The Morgan fingerprint density at radius 1 is 1.23 bits per heavy atom. The summed E-state index contributed by atoms with van der Waals surface area (Å²) in [5, 5.41) is 15.2. The molecule has 0 radical (unpaired) electrons. The van der Waals surface area contributed by atoms with Gasteiger partial charge in [0.25, 0.3) is 5.56 Å². The van der Waals surface area contributed by atoms with Gasteiger partial charge in [-0.25, -0.2) is 4.98 Å². The summed E-state index contributed by atoms with van der Waals surface area (Å²) in [5.74, 6) is 1.31. The zero-order valence-electron chi connectivity index (χ0n) is 17.1. The number of hydrogen-bond donors (Lipinski definition) is 1. The maximum absolute atomic E-state index is 13.4. The molecule has 0 bridgehead atoms. The molecule has 1 heterocycles. The Hall–Kier alpha value is -2.19. The van der Waals surface area contributed by atoms with Crippen molar-refractivity contribution in [1.82, 2.24) is 9.66 Å². The van der Waals surface area contributed by atoms with Gasteiger partial charge in [0.2, 0.25) is 0 Å². The normalized spacial score (nSPS) is 15.1. The highest BCUT2D eigenvalue weighted by Crippen LogP contribution is 2.35. The summed E-state index contributed by atoms with van der Waals surface area (Å²) < 4.78 is 8.26. The molecule has 162 valence electrons. The van der Waals surface area contributed by atoms with Crippen molar-refractivity contribution in [3.8, 4) is 11.5 Å². The van der Waals surface area contributed by atoms with Crippen LogP contribution in [-0.2, 0) is 0 Å². The zero-order chi connectivity index (χ0) is 22.0. The predicted octanol–water partition coefficient (Wildman–Crippen LogP) is 5.96. The SMILES string of the molecule is CCOc1cc(C=Nn2c(C3CCCCC3)nc3ccc(Br)cc3c2=O)cc(Br)c1O. The smallest absolute Gasteiger partial charge is 0.282 e. The van der Waals surface area contributed by atoms with E-state index >= 15 is 0 Å². The number of nitrogens with zero attached hydrogens (tertiary/aromatic N) is 3. The minimum absolute atomic E-state index is 0.0382. The van der Waals surface area contributed by atoms with E-state index in [1.54, 1.807) is 24.4 Å². The van der Waals surface area contributed by atoms with E-state index in [0.717, 1.165) is 30.2 Å². The van der Waals surface area contributed by atoms with Crippen LogP contribution in [0.1, 0.15) is 56.3 Å². The molecule has 4 rings (SSSR count). The van der Waals surface area contributed by atoms with Crippen molar-refractivity contribution in [2.75, 3.05) is 6.61 Å². The topological polar surface area (TPSA) is 76.7 Å². The van der Waals surface area contributed by atoms with Crippen molar-refractivity contribution in [3.05, 3.63) is 61.0 Å². The van der Waals surface area contributed by atoms with Gasteiger partial charge >= 0.3 is 0 Å². The third-order valence-corrected chi connectivity index (χ3v) is 6.57. The van der Waals surface area contributed by atoms with Crippen molar-refractivity contribution >= 4 is 49.0 Å². The molecular formula is C23H23Br2N3O3. The number of hydrogen-bond acceptors (Lipinski definition) is 5. The Balaban J connectivity index is 1.84. The first-order valence-electron chi connectivity index (χ1n) is 10.4. The number of fused-ring (bicyclic) bond motifs is 1. The van der Waals surface area contributed by atoms with Gasteiger partial charge < -0.3 is 9.84 Å². The molecule has 31 heavy (non-hydrogen) atoms. The zero-order valence-corrected chi connectivity index (χ0v) is 20.3. The highest BCUT2D eigenvalue weighted by molar-refractivity contribution is 9.10. The number of phenolic OH excluding ortho intramolecular Hbond substituents is 1. The fourth-order valence-corrected chi connectivity index (χ4v) is 4.78. The summed E-state index contributed by atoms with van der Waals surface area (Å²) in [7, 11) is 0. The summed E-state index contributed by atoms with van der Waals surface area (Å²) in [6.45, 7) is 2.28. The molecule has 0 unspecified atom stereocenters. The number of benzene rings is 2. The maximum atomic E-state index is 13.4. The Labute approximate surface area is 197 Å². The second-order valence-electron chi connectivity index (χ2n) is 7.61. The molecule has 6 nitrogen and oxygen atoms in total. The van der Waals surface area contributed by atoms with Crippen molar-refractivity contribution in [2.24, 2.45) is 5.10 Å². The van der Waals surface area contributed by atoms with Gasteiger partial charge in [-0.3, -0.25) is 4.79 Å². The van der Waals surface area contributed by atoms with Gasteiger partial charge in [-0.1, -0.05) is 35.2 Å². The Morgan fingerprint density at radius 2 is 2.00 bits per heavy atom. The van der Waals surface area contributed by atoms with Gasteiger partial charge in [-0.05, 0) is 71.6 Å². The fraction of sp³-hybridized carbons (Fsp3) is 0.348. The van der Waals surface area contributed by atoms with Crippen LogP contribution in [0.4, 0.5) is 0 Å². The summed E-state index contributed by atoms with van der Waals surface area (Å²) in [4.78, 5) is 18.2. The van der Waals surface area contributed by atoms with Crippen LogP contribution in [0.25, 0.3) is 10.9 Å². The molecule has 1 fully saturated rings. The molecule has 1 N–H and O–H groups in total. The van der Waals surface area contributed by atoms with Crippen LogP contribution in [0, 0.1) is 0 Å². The van der Waals surface area contributed by atoms with E-state index in [-0.39, 0.29) is 17.2 Å². The lowest BCUT2D eigenvalue weighted by Gasteiger charge is -2.22. The molecular weight excluding hydrogens is 526 g/mol. The second kappa shape index (κ2) is 9.53. The lowest BCUT2D eigenvalue weighted by molar-refractivity contribution is 0.317. The van der Waals surface area contributed by atoms with Crippen molar-refractivity contribution in [2.45, 2.75) is 44.9 Å². The molecule has 3 aromatic rings. The van der Waals surface area contributed by atoms with Crippen molar-refractivity contribution in [1.29, 1.82) is 0 Å². The highest BCUT2D eigenvalue weighted by atomic mass is 79.9. The average Bonchev–Trinajstić information content (AvgIpc) is 2.77. The minimum atomic E-state index is -0.189. The molecule has 0 atom stereocenters. The third kappa shape index (κ3) is 4.70. The standard InChI is InChI=1S/C23H23Br2N3O3/c1-2-31-20-11-14(10-18(25)21(20)29)13-26-28-22(15-6-4-3-5-7-15)27-19-9-8-16(24)12-17(19)23(28)30/h8-13,15,29H,2-7H2,1H3. The molecule has 0 spiro atoms. The summed E-state index contributed by atoms with van der Waals surface area (Å²) in [6, 6.07) is 8.98. The highest BCUT2D eigenvalue weighted by Gasteiger charge is 2.22. The summed E-state index contributed by atoms with van der Waals surface area (Å²) in [6.07, 6.45) is 7.08. The monoisotopic (exact) mass is 547 g/mol. The van der Waals surface area contributed by atoms with Crippen LogP contribution in [0.5, 0.6) is 11.5 Å². The van der Waals surface area contributed by atoms with Crippen LogP contribution in [0.2, 0.25) is 0 Å². The van der Waals surface area contributed by atoms with Crippen LogP contribution in [0.15, 0.2) is 49.2 Å². The lowest BCUT2D eigenvalue weighted by Crippen LogP contribution is -2.25. The maximum Gasteiger partial charge on any atom is 0.282 e. The van der Waals surface area contributed by atoms with Crippen LogP contribution in [0.3, 0.4) is 0 Å². The van der Waals surface area contributed by atoms with Gasteiger partial charge in [-0.2, -0.15) is 9.78 Å². The van der Waals surface area contributed by atoms with Crippen LogP contribution in [-0.4, -0.2) is 27.6 Å². The molecule has 1 aliphatic carbocycles. The number of aromatic nitrogens is 2. The van der Waals surface area contributed by atoms with Gasteiger partial charge in [0.05, 0.1) is 28.2 Å². The average molecular weight is 549 g/mol. The molecule has 0 aliphatic heterocycles. The number of aromatic hydroxyl groups is 1. The largest absolute Gasteiger partial charge is 0.503 e. The van der Waals surface area contributed by atoms with E-state index in [4.69, 9.17) is 9.72 Å². The molecule has 1 saturated carbocycles. The van der Waals surface area contributed by atoms with E-state index in [9.17, 15) is 9.90 Å². The first-order chi connectivity index (χ1) is 15.0. The Morgan fingerprint density at radius 3 is 2.74 bits per heavy atom. The lowest BCUT2D eigenvalue weighted by atomic mass is 9.88. The van der Waals surface area contributed by atoms with E-state index in [0.29, 0.717) is 39.1 Å². The molecule has 0 amide bonds. The molecule has 1 aromatic heterocycles. The van der Waals surface area contributed by atoms with Gasteiger partial charge in [-0.15, -0.1) is 0 Å². The number of rotatable bonds is 5. The first kappa shape index (κ1) is 22.0. The van der Waals surface area contributed by atoms with Gasteiger partial charge in [0.15, 0.2) is 11.5 Å². The second-order valence-corrected chi connectivity index (χ2v) is 9.38.